The number of aromatic hydroxyl groups is 1. The summed E-state index contributed by atoms with van der Waals surface area (Å²) in [5.41, 5.74) is 0.869. The number of hydrogen-bond donors (Lipinski definition) is 2. The molecule has 0 bridgehead atoms. The average Bonchev–Trinajstić information content (AvgIpc) is 2.81. The Morgan fingerprint density at radius 3 is 2.77 bits per heavy atom. The highest BCUT2D eigenvalue weighted by molar-refractivity contribution is 8.18. The number of aliphatic imine (C=N–C) groups is 1. The molecular weight excluding hydrogens is 303 g/mol. The van der Waals surface area contributed by atoms with Gasteiger partial charge in [-0.15, -0.1) is 0 Å². The van der Waals surface area contributed by atoms with Gasteiger partial charge < -0.3 is 10.4 Å². The smallest absolute Gasteiger partial charge is 0.264 e. The summed E-state index contributed by atoms with van der Waals surface area (Å²) >= 11 is 1.13. The summed E-state index contributed by atoms with van der Waals surface area (Å²) in [5.74, 6) is -0.628. The minimum atomic E-state index is -0.449. The van der Waals surface area contributed by atoms with Crippen molar-refractivity contribution < 1.29 is 14.3 Å². The van der Waals surface area contributed by atoms with E-state index < -0.39 is 5.82 Å². The van der Waals surface area contributed by atoms with Crippen molar-refractivity contribution in [3.63, 3.8) is 0 Å². The van der Waals surface area contributed by atoms with Crippen LogP contribution in [-0.4, -0.2) is 16.2 Å². The molecule has 2 aromatic rings. The van der Waals surface area contributed by atoms with Gasteiger partial charge in [0.15, 0.2) is 5.17 Å². The van der Waals surface area contributed by atoms with Gasteiger partial charge in [0.2, 0.25) is 0 Å². The van der Waals surface area contributed by atoms with Gasteiger partial charge in [-0.3, -0.25) is 4.79 Å². The first-order valence-electron chi connectivity index (χ1n) is 6.45. The van der Waals surface area contributed by atoms with Crippen molar-refractivity contribution in [3.05, 3.63) is 64.8 Å². The molecule has 0 atom stereocenters. The molecule has 1 saturated heterocycles. The third-order valence-corrected chi connectivity index (χ3v) is 3.80. The molecule has 0 aliphatic carbocycles. The predicted molar refractivity (Wildman–Crippen MR) is 85.3 cm³/mol. The molecular formula is C16H11FN2O2S. The first-order chi connectivity index (χ1) is 10.6. The molecule has 6 heteroatoms. The van der Waals surface area contributed by atoms with Gasteiger partial charge in [0.05, 0.1) is 4.91 Å². The SMILES string of the molecule is O=C1NC(=Nc2ccccc2F)S/C1=C\c1cccc(O)c1. The van der Waals surface area contributed by atoms with E-state index in [1.54, 1.807) is 42.5 Å². The first-order valence-corrected chi connectivity index (χ1v) is 7.26. The summed E-state index contributed by atoms with van der Waals surface area (Å²) < 4.78 is 13.6. The van der Waals surface area contributed by atoms with E-state index in [0.29, 0.717) is 15.6 Å². The van der Waals surface area contributed by atoms with Crippen LogP contribution >= 0.6 is 11.8 Å². The fourth-order valence-corrected chi connectivity index (χ4v) is 2.73. The first kappa shape index (κ1) is 14.3. The molecule has 2 N–H and O–H groups in total. The number of carbonyl (C=O) groups excluding carboxylic acids is 1. The lowest BCUT2D eigenvalue weighted by molar-refractivity contribution is -0.115. The van der Waals surface area contributed by atoms with Crippen molar-refractivity contribution in [1.29, 1.82) is 0 Å². The van der Waals surface area contributed by atoms with E-state index in [1.165, 1.54) is 12.1 Å². The van der Waals surface area contributed by atoms with Gasteiger partial charge in [-0.1, -0.05) is 24.3 Å². The van der Waals surface area contributed by atoms with Gasteiger partial charge in [0.25, 0.3) is 5.91 Å². The van der Waals surface area contributed by atoms with Gasteiger partial charge in [-0.05, 0) is 47.7 Å². The van der Waals surface area contributed by atoms with Crippen LogP contribution < -0.4 is 5.32 Å². The Labute approximate surface area is 130 Å². The Balaban J connectivity index is 1.86. The number of nitrogens with one attached hydrogen (secondary N) is 1. The van der Waals surface area contributed by atoms with Crippen molar-refractivity contribution in [2.75, 3.05) is 0 Å². The number of carbonyl (C=O) groups is 1. The number of nitrogens with zero attached hydrogens (tertiary/aromatic N) is 1. The number of halogens is 1. The summed E-state index contributed by atoms with van der Waals surface area (Å²) in [4.78, 5) is 16.4. The van der Waals surface area contributed by atoms with Crippen molar-refractivity contribution >= 4 is 34.6 Å². The van der Waals surface area contributed by atoms with Gasteiger partial charge in [0.1, 0.15) is 17.3 Å². The van der Waals surface area contributed by atoms with Crippen LogP contribution in [0, 0.1) is 5.82 Å². The zero-order valence-electron chi connectivity index (χ0n) is 11.3. The van der Waals surface area contributed by atoms with Crippen molar-refractivity contribution in [2.24, 2.45) is 4.99 Å². The minimum absolute atomic E-state index is 0.123. The molecule has 2 aromatic carbocycles. The summed E-state index contributed by atoms with van der Waals surface area (Å²) in [7, 11) is 0. The molecule has 110 valence electrons. The molecule has 0 aromatic heterocycles. The predicted octanol–water partition coefficient (Wildman–Crippen LogP) is 3.42. The maximum atomic E-state index is 13.6. The number of amidine groups is 1. The number of amides is 1. The van der Waals surface area contributed by atoms with Gasteiger partial charge in [-0.25, -0.2) is 9.38 Å². The van der Waals surface area contributed by atoms with Crippen LogP contribution in [0.25, 0.3) is 6.08 Å². The van der Waals surface area contributed by atoms with Crippen LogP contribution in [0.3, 0.4) is 0 Å². The minimum Gasteiger partial charge on any atom is -0.508 e. The molecule has 4 nitrogen and oxygen atoms in total. The Morgan fingerprint density at radius 2 is 2.00 bits per heavy atom. The van der Waals surface area contributed by atoms with Crippen LogP contribution in [0.5, 0.6) is 5.75 Å². The zero-order chi connectivity index (χ0) is 15.5. The molecule has 0 unspecified atom stereocenters. The van der Waals surface area contributed by atoms with E-state index >= 15 is 0 Å². The molecule has 1 aliphatic heterocycles. The molecule has 22 heavy (non-hydrogen) atoms. The van der Waals surface area contributed by atoms with E-state index in [1.807, 2.05) is 0 Å². The van der Waals surface area contributed by atoms with E-state index in [-0.39, 0.29) is 17.3 Å². The normalized spacial score (nSPS) is 18.0. The van der Waals surface area contributed by atoms with E-state index in [4.69, 9.17) is 0 Å². The maximum Gasteiger partial charge on any atom is 0.264 e. The average molecular weight is 314 g/mol. The zero-order valence-corrected chi connectivity index (χ0v) is 12.1. The molecule has 1 amide bonds. The number of para-hydroxylation sites is 1. The molecule has 1 aliphatic rings. The van der Waals surface area contributed by atoms with Crippen molar-refractivity contribution in [2.45, 2.75) is 0 Å². The van der Waals surface area contributed by atoms with Crippen LogP contribution in [0.4, 0.5) is 10.1 Å². The summed E-state index contributed by atoms with van der Waals surface area (Å²) in [6.07, 6.45) is 1.64. The highest BCUT2D eigenvalue weighted by atomic mass is 32.2. The number of thioether (sulfide) groups is 1. The van der Waals surface area contributed by atoms with E-state index in [9.17, 15) is 14.3 Å². The van der Waals surface area contributed by atoms with Crippen molar-refractivity contribution in [1.82, 2.24) is 5.32 Å². The fourth-order valence-electron chi connectivity index (χ4n) is 1.90. The van der Waals surface area contributed by atoms with Gasteiger partial charge >= 0.3 is 0 Å². The van der Waals surface area contributed by atoms with Crippen LogP contribution in [0.2, 0.25) is 0 Å². The van der Waals surface area contributed by atoms with Crippen LogP contribution in [0.15, 0.2) is 58.4 Å². The number of benzene rings is 2. The fraction of sp³-hybridized carbons (Fsp3) is 0. The maximum absolute atomic E-state index is 13.6. The highest BCUT2D eigenvalue weighted by Gasteiger charge is 2.24. The number of phenols is 1. The number of phenolic OH excluding ortho intramolecular Hbond substituents is 1. The van der Waals surface area contributed by atoms with Crippen LogP contribution in [-0.2, 0) is 4.79 Å². The number of rotatable bonds is 2. The Hall–Kier alpha value is -2.60. The molecule has 1 heterocycles. The Morgan fingerprint density at radius 1 is 1.18 bits per heavy atom. The lowest BCUT2D eigenvalue weighted by Gasteiger charge is -1.97. The van der Waals surface area contributed by atoms with E-state index in [0.717, 1.165) is 11.8 Å². The molecule has 0 radical (unpaired) electrons. The van der Waals surface area contributed by atoms with Gasteiger partial charge in [-0.2, -0.15) is 0 Å². The molecule has 1 fully saturated rings. The standard InChI is InChI=1S/C16H11FN2O2S/c17-12-6-1-2-7-13(12)18-16-19-15(21)14(22-16)9-10-4-3-5-11(20)8-10/h1-9,20H,(H,18,19,21)/b14-9-. The molecule has 0 saturated carbocycles. The summed E-state index contributed by atoms with van der Waals surface area (Å²) in [6.45, 7) is 0. The van der Waals surface area contributed by atoms with Crippen LogP contribution in [0.1, 0.15) is 5.56 Å². The van der Waals surface area contributed by atoms with E-state index in [2.05, 4.69) is 10.3 Å². The topological polar surface area (TPSA) is 61.7 Å². The molecule has 0 spiro atoms. The lowest BCUT2D eigenvalue weighted by atomic mass is 10.2. The largest absolute Gasteiger partial charge is 0.508 e. The highest BCUT2D eigenvalue weighted by Crippen LogP contribution is 2.29. The lowest BCUT2D eigenvalue weighted by Crippen LogP contribution is -2.19. The monoisotopic (exact) mass is 314 g/mol. The van der Waals surface area contributed by atoms with Crippen molar-refractivity contribution in [3.8, 4) is 5.75 Å². The number of hydrogen-bond acceptors (Lipinski definition) is 4. The molecule has 3 rings (SSSR count). The van der Waals surface area contributed by atoms with Gasteiger partial charge in [0, 0.05) is 0 Å². The summed E-state index contributed by atoms with van der Waals surface area (Å²) in [5, 5.41) is 12.3. The second-order valence-corrected chi connectivity index (χ2v) is 5.56. The third kappa shape index (κ3) is 3.17. The Bertz CT molecular complexity index is 802. The Kier molecular flexibility index (Phi) is 3.93. The third-order valence-electron chi connectivity index (χ3n) is 2.89. The summed E-state index contributed by atoms with van der Waals surface area (Å²) in [6, 6.07) is 12.7. The quantitative estimate of drug-likeness (QED) is 0.835. The second-order valence-electron chi connectivity index (χ2n) is 4.53. The second kappa shape index (κ2) is 6.03.